The lowest BCUT2D eigenvalue weighted by Gasteiger charge is -2.16. The van der Waals surface area contributed by atoms with Crippen molar-refractivity contribution < 1.29 is 13.8 Å². The molecule has 7 nitrogen and oxygen atoms in total. The number of hydrogen-bond acceptors (Lipinski definition) is 6. The maximum atomic E-state index is 12.9. The molecule has 2 aromatic heterocycles. The van der Waals surface area contributed by atoms with Crippen LogP contribution in [0, 0.1) is 13.8 Å². The highest BCUT2D eigenvalue weighted by atomic mass is 16.5. The highest BCUT2D eigenvalue weighted by molar-refractivity contribution is 5.79. The molecule has 4 rings (SSSR count). The summed E-state index contributed by atoms with van der Waals surface area (Å²) in [6.45, 7) is 4.90. The van der Waals surface area contributed by atoms with Gasteiger partial charge in [-0.05, 0) is 19.4 Å². The van der Waals surface area contributed by atoms with Gasteiger partial charge in [-0.2, -0.15) is 4.98 Å². The third-order valence-electron chi connectivity index (χ3n) is 5.12. The van der Waals surface area contributed by atoms with E-state index < -0.39 is 0 Å². The van der Waals surface area contributed by atoms with E-state index in [-0.39, 0.29) is 17.7 Å². The van der Waals surface area contributed by atoms with Gasteiger partial charge in [-0.3, -0.25) is 4.79 Å². The van der Waals surface area contributed by atoms with Crippen LogP contribution in [0.4, 0.5) is 0 Å². The maximum absolute atomic E-state index is 12.9. The van der Waals surface area contributed by atoms with Gasteiger partial charge in [0, 0.05) is 30.5 Å². The largest absolute Gasteiger partial charge is 0.361 e. The molecule has 1 aromatic carbocycles. The van der Waals surface area contributed by atoms with Gasteiger partial charge in [0.25, 0.3) is 0 Å². The van der Waals surface area contributed by atoms with Crippen LogP contribution < -0.4 is 0 Å². The fourth-order valence-corrected chi connectivity index (χ4v) is 3.67. The number of likely N-dealkylation sites (tertiary alicyclic amines) is 1. The molecule has 7 heteroatoms. The lowest BCUT2D eigenvalue weighted by atomic mass is 9.88. The maximum Gasteiger partial charge on any atom is 0.227 e. The number of aryl methyl sites for hydroxylation is 2. The number of carbonyl (C=O) groups is 1. The molecule has 0 spiro atoms. The van der Waals surface area contributed by atoms with Crippen LogP contribution in [0.15, 0.2) is 45.8 Å². The molecule has 1 fully saturated rings. The molecule has 0 radical (unpaired) electrons. The van der Waals surface area contributed by atoms with Crippen molar-refractivity contribution in [3.8, 4) is 0 Å². The quantitative estimate of drug-likeness (QED) is 0.717. The van der Waals surface area contributed by atoms with Gasteiger partial charge in [-0.1, -0.05) is 40.6 Å². The summed E-state index contributed by atoms with van der Waals surface area (Å²) in [5.74, 6) is 1.56. The van der Waals surface area contributed by atoms with Crippen LogP contribution in [-0.2, 0) is 11.2 Å². The van der Waals surface area contributed by atoms with Crippen LogP contribution in [-0.4, -0.2) is 39.2 Å². The Morgan fingerprint density at radius 2 is 1.92 bits per heavy atom. The molecular weight excluding hydrogens is 332 g/mol. The van der Waals surface area contributed by atoms with E-state index in [9.17, 15) is 4.79 Å². The van der Waals surface area contributed by atoms with Crippen LogP contribution in [0.2, 0.25) is 0 Å². The first-order valence-corrected chi connectivity index (χ1v) is 8.64. The van der Waals surface area contributed by atoms with E-state index in [0.29, 0.717) is 31.1 Å². The zero-order valence-electron chi connectivity index (χ0n) is 14.8. The van der Waals surface area contributed by atoms with Crippen molar-refractivity contribution in [3.63, 3.8) is 0 Å². The molecule has 2 atom stereocenters. The van der Waals surface area contributed by atoms with Crippen molar-refractivity contribution in [1.29, 1.82) is 0 Å². The van der Waals surface area contributed by atoms with Gasteiger partial charge in [0.05, 0.1) is 12.1 Å². The van der Waals surface area contributed by atoms with E-state index in [2.05, 4.69) is 27.4 Å². The smallest absolute Gasteiger partial charge is 0.227 e. The highest BCUT2D eigenvalue weighted by Crippen LogP contribution is 2.38. The van der Waals surface area contributed by atoms with Crippen molar-refractivity contribution in [1.82, 2.24) is 20.2 Å². The Morgan fingerprint density at radius 1 is 1.15 bits per heavy atom. The van der Waals surface area contributed by atoms with Gasteiger partial charge >= 0.3 is 0 Å². The van der Waals surface area contributed by atoms with Gasteiger partial charge in [0.2, 0.25) is 12.3 Å². The normalized spacial score (nSPS) is 19.8. The number of amides is 1. The van der Waals surface area contributed by atoms with Gasteiger partial charge < -0.3 is 13.9 Å². The minimum absolute atomic E-state index is 0.0183. The molecule has 0 saturated carbocycles. The van der Waals surface area contributed by atoms with E-state index in [1.807, 2.05) is 36.9 Å². The number of aromatic nitrogens is 3. The summed E-state index contributed by atoms with van der Waals surface area (Å²) in [4.78, 5) is 19.0. The molecule has 1 amide bonds. The molecule has 26 heavy (non-hydrogen) atoms. The first-order valence-electron chi connectivity index (χ1n) is 8.64. The summed E-state index contributed by atoms with van der Waals surface area (Å²) >= 11 is 0. The molecular formula is C19H20N4O3. The Bertz CT molecular complexity index is 869. The highest BCUT2D eigenvalue weighted by Gasteiger charge is 2.39. The standard InChI is InChI=1S/C19H20N4O3/c1-12-15(13(2)26-21-12)8-18(24)23-9-16(14-6-4-3-5-7-14)17(10-23)19-20-11-25-22-19/h3-7,11,16-17H,8-10H2,1-2H3. The van der Waals surface area contributed by atoms with E-state index >= 15 is 0 Å². The molecule has 3 aromatic rings. The van der Waals surface area contributed by atoms with E-state index in [0.717, 1.165) is 11.3 Å². The second-order valence-electron chi connectivity index (χ2n) is 6.69. The first kappa shape index (κ1) is 16.5. The third kappa shape index (κ3) is 3.00. The molecule has 1 aliphatic rings. The lowest BCUT2D eigenvalue weighted by molar-refractivity contribution is -0.129. The van der Waals surface area contributed by atoms with Crippen molar-refractivity contribution in [2.45, 2.75) is 32.1 Å². The number of hydrogen-bond donors (Lipinski definition) is 0. The van der Waals surface area contributed by atoms with E-state index in [1.54, 1.807) is 0 Å². The Labute approximate surface area is 151 Å². The summed E-state index contributed by atoms with van der Waals surface area (Å²) in [7, 11) is 0. The summed E-state index contributed by atoms with van der Waals surface area (Å²) in [5, 5.41) is 7.96. The SMILES string of the molecule is Cc1noc(C)c1CC(=O)N1CC(c2ccccc2)C(c2ncon2)C1. The average molecular weight is 352 g/mol. The Balaban J connectivity index is 1.58. The minimum atomic E-state index is 0.0183. The van der Waals surface area contributed by atoms with E-state index in [4.69, 9.17) is 9.05 Å². The molecule has 134 valence electrons. The molecule has 2 unspecified atom stereocenters. The summed E-state index contributed by atoms with van der Waals surface area (Å²) in [6.07, 6.45) is 1.63. The fraction of sp³-hybridized carbons (Fsp3) is 0.368. The molecule has 0 bridgehead atoms. The fourth-order valence-electron chi connectivity index (χ4n) is 3.67. The molecule has 0 N–H and O–H groups in total. The number of nitrogens with zero attached hydrogens (tertiary/aromatic N) is 4. The second kappa shape index (κ2) is 6.74. The van der Waals surface area contributed by atoms with Gasteiger partial charge in [0.1, 0.15) is 5.76 Å². The summed E-state index contributed by atoms with van der Waals surface area (Å²) < 4.78 is 10.1. The average Bonchev–Trinajstić information content (AvgIpc) is 3.38. The van der Waals surface area contributed by atoms with Crippen LogP contribution in [0.3, 0.4) is 0 Å². The monoisotopic (exact) mass is 352 g/mol. The first-order chi connectivity index (χ1) is 12.6. The van der Waals surface area contributed by atoms with Gasteiger partial charge in [-0.15, -0.1) is 0 Å². The third-order valence-corrected chi connectivity index (χ3v) is 5.12. The lowest BCUT2D eigenvalue weighted by Crippen LogP contribution is -2.30. The van der Waals surface area contributed by atoms with Crippen LogP contribution in [0.1, 0.15) is 40.2 Å². The van der Waals surface area contributed by atoms with E-state index in [1.165, 1.54) is 12.0 Å². The summed E-state index contributed by atoms with van der Waals surface area (Å²) in [6, 6.07) is 10.2. The predicted molar refractivity (Wildman–Crippen MR) is 92.5 cm³/mol. The number of benzene rings is 1. The zero-order chi connectivity index (χ0) is 18.1. The topological polar surface area (TPSA) is 85.3 Å². The van der Waals surface area contributed by atoms with Crippen molar-refractivity contribution in [3.05, 3.63) is 65.1 Å². The predicted octanol–water partition coefficient (Wildman–Crippen LogP) is 2.63. The molecule has 1 aliphatic heterocycles. The second-order valence-corrected chi connectivity index (χ2v) is 6.69. The van der Waals surface area contributed by atoms with Gasteiger partial charge in [-0.25, -0.2) is 0 Å². The molecule has 1 saturated heterocycles. The Hall–Kier alpha value is -2.96. The Kier molecular flexibility index (Phi) is 4.28. The number of carbonyl (C=O) groups excluding carboxylic acids is 1. The number of rotatable bonds is 4. The van der Waals surface area contributed by atoms with Crippen molar-refractivity contribution in [2.24, 2.45) is 0 Å². The van der Waals surface area contributed by atoms with Crippen molar-refractivity contribution >= 4 is 5.91 Å². The zero-order valence-corrected chi connectivity index (χ0v) is 14.8. The van der Waals surface area contributed by atoms with Crippen LogP contribution >= 0.6 is 0 Å². The van der Waals surface area contributed by atoms with Crippen LogP contribution in [0.25, 0.3) is 0 Å². The Morgan fingerprint density at radius 3 is 2.58 bits per heavy atom. The summed E-state index contributed by atoms with van der Waals surface area (Å²) in [5.41, 5.74) is 2.81. The molecule has 3 heterocycles. The minimum Gasteiger partial charge on any atom is -0.361 e. The van der Waals surface area contributed by atoms with Crippen LogP contribution in [0.5, 0.6) is 0 Å². The van der Waals surface area contributed by atoms with Gasteiger partial charge in [0.15, 0.2) is 5.82 Å². The molecule has 0 aliphatic carbocycles. The van der Waals surface area contributed by atoms with Crippen molar-refractivity contribution in [2.75, 3.05) is 13.1 Å².